The summed E-state index contributed by atoms with van der Waals surface area (Å²) in [5, 5.41) is 6.62. The van der Waals surface area contributed by atoms with Crippen molar-refractivity contribution >= 4 is 43.1 Å². The van der Waals surface area contributed by atoms with Crippen LogP contribution in [0.1, 0.15) is 0 Å². The third-order valence-corrected chi connectivity index (χ3v) is 5.12. The minimum absolute atomic E-state index is 0.204. The van der Waals surface area contributed by atoms with E-state index in [1.54, 1.807) is 17.4 Å². The van der Waals surface area contributed by atoms with Gasteiger partial charge in [-0.1, -0.05) is 36.4 Å². The Morgan fingerprint density at radius 1 is 0.864 bits per heavy atom. The third kappa shape index (κ3) is 1.54. The van der Waals surface area contributed by atoms with Crippen LogP contribution in [0.2, 0.25) is 0 Å². The predicted octanol–water partition coefficient (Wildman–Crippen LogP) is 5.85. The normalized spacial score (nSPS) is 11.9. The second kappa shape index (κ2) is 4.24. The molecule has 0 radical (unpaired) electrons. The number of fused-ring (bicyclic) bond motifs is 7. The topological polar surface area (TPSA) is 12.9 Å². The van der Waals surface area contributed by atoms with E-state index >= 15 is 0 Å². The Kier molecular flexibility index (Phi) is 2.33. The number of benzene rings is 3. The summed E-state index contributed by atoms with van der Waals surface area (Å²) in [6.45, 7) is 0. The highest BCUT2D eigenvalue weighted by Crippen LogP contribution is 2.40. The Morgan fingerprint density at radius 3 is 2.68 bits per heavy atom. The molecule has 0 unspecified atom stereocenters. The Balaban J connectivity index is 2.02. The Morgan fingerprint density at radius 2 is 1.73 bits per heavy atom. The van der Waals surface area contributed by atoms with E-state index in [0.29, 0.717) is 0 Å². The van der Waals surface area contributed by atoms with Crippen LogP contribution in [0.3, 0.4) is 0 Å². The molecule has 0 bridgehead atoms. The van der Waals surface area contributed by atoms with Crippen molar-refractivity contribution in [3.05, 3.63) is 65.8 Å². The molecule has 3 aromatic carbocycles. The van der Waals surface area contributed by atoms with Crippen molar-refractivity contribution in [2.24, 2.45) is 0 Å². The van der Waals surface area contributed by atoms with Crippen molar-refractivity contribution < 1.29 is 4.39 Å². The SMILES string of the molecule is Fc1ccc2c3nc4c(ccc5ccccc54)c-3csc2c1. The zero-order valence-corrected chi connectivity index (χ0v) is 12.3. The minimum Gasteiger partial charge on any atom is -0.246 e. The minimum atomic E-state index is -0.204. The second-order valence-corrected chi connectivity index (χ2v) is 6.34. The van der Waals surface area contributed by atoms with E-state index < -0.39 is 0 Å². The molecule has 5 rings (SSSR count). The smallest absolute Gasteiger partial charge is 0.124 e. The molecule has 104 valence electrons. The molecule has 0 aliphatic carbocycles. The highest BCUT2D eigenvalue weighted by atomic mass is 32.1. The highest BCUT2D eigenvalue weighted by molar-refractivity contribution is 7.17. The lowest BCUT2D eigenvalue weighted by atomic mass is 10.0. The summed E-state index contributed by atoms with van der Waals surface area (Å²) in [5.41, 5.74) is 3.13. The van der Waals surface area contributed by atoms with Crippen molar-refractivity contribution in [3.8, 4) is 11.3 Å². The summed E-state index contributed by atoms with van der Waals surface area (Å²) in [6, 6.07) is 17.5. The van der Waals surface area contributed by atoms with Gasteiger partial charge in [-0.15, -0.1) is 11.3 Å². The number of halogens is 1. The molecule has 1 nitrogen and oxygen atoms in total. The maximum Gasteiger partial charge on any atom is 0.124 e. The summed E-state index contributed by atoms with van der Waals surface area (Å²) >= 11 is 1.57. The van der Waals surface area contributed by atoms with Crippen LogP contribution in [0.4, 0.5) is 4.39 Å². The fraction of sp³-hybridized carbons (Fsp3) is 0. The molecule has 0 saturated carbocycles. The van der Waals surface area contributed by atoms with Crippen molar-refractivity contribution in [1.82, 2.24) is 4.98 Å². The lowest BCUT2D eigenvalue weighted by Crippen LogP contribution is -1.80. The van der Waals surface area contributed by atoms with Gasteiger partial charge in [0.2, 0.25) is 0 Å². The lowest BCUT2D eigenvalue weighted by molar-refractivity contribution is 0.630. The fourth-order valence-electron chi connectivity index (χ4n) is 3.13. The lowest BCUT2D eigenvalue weighted by Gasteiger charge is -2.03. The number of rotatable bonds is 0. The summed E-state index contributed by atoms with van der Waals surface area (Å²) in [5.74, 6) is -0.204. The summed E-state index contributed by atoms with van der Waals surface area (Å²) < 4.78 is 14.4. The molecule has 0 spiro atoms. The summed E-state index contributed by atoms with van der Waals surface area (Å²) in [4.78, 5) is 4.89. The van der Waals surface area contributed by atoms with Gasteiger partial charge < -0.3 is 0 Å². The van der Waals surface area contributed by atoms with Gasteiger partial charge in [-0.05, 0) is 23.6 Å². The van der Waals surface area contributed by atoms with Crippen LogP contribution >= 0.6 is 11.3 Å². The van der Waals surface area contributed by atoms with Gasteiger partial charge >= 0.3 is 0 Å². The van der Waals surface area contributed by atoms with Crippen molar-refractivity contribution in [1.29, 1.82) is 0 Å². The average Bonchev–Trinajstić information content (AvgIpc) is 2.94. The van der Waals surface area contributed by atoms with Gasteiger partial charge in [0.1, 0.15) is 5.82 Å². The van der Waals surface area contributed by atoms with Crippen LogP contribution in [0.5, 0.6) is 0 Å². The van der Waals surface area contributed by atoms with Crippen LogP contribution in [0.25, 0.3) is 43.0 Å². The first-order valence-corrected chi connectivity index (χ1v) is 7.97. The summed E-state index contributed by atoms with van der Waals surface area (Å²) in [7, 11) is 0. The Hall–Kier alpha value is -2.52. The van der Waals surface area contributed by atoms with E-state index in [1.165, 1.54) is 11.5 Å². The number of hydrogen-bond donors (Lipinski definition) is 0. The van der Waals surface area contributed by atoms with E-state index in [1.807, 2.05) is 18.2 Å². The maximum absolute atomic E-state index is 13.4. The molecule has 0 amide bonds. The zero-order chi connectivity index (χ0) is 14.7. The molecular formula is C19H10FNS. The first-order valence-electron chi connectivity index (χ1n) is 7.09. The maximum atomic E-state index is 13.4. The molecule has 3 aromatic rings. The zero-order valence-electron chi connectivity index (χ0n) is 11.5. The molecule has 2 aliphatic heterocycles. The molecule has 0 aromatic heterocycles. The van der Waals surface area contributed by atoms with Gasteiger partial charge in [0.15, 0.2) is 0 Å². The standard InChI is InChI=1S/C19H10FNS/c20-12-6-8-15-17(9-12)22-10-16-14-7-5-11-3-1-2-4-13(11)18(14)21-19(15)16/h1-10H. The van der Waals surface area contributed by atoms with Crippen LogP contribution < -0.4 is 0 Å². The van der Waals surface area contributed by atoms with Gasteiger partial charge in [-0.25, -0.2) is 9.37 Å². The van der Waals surface area contributed by atoms with E-state index in [-0.39, 0.29) is 5.82 Å². The number of aromatic nitrogens is 1. The molecular weight excluding hydrogens is 293 g/mol. The molecule has 22 heavy (non-hydrogen) atoms. The average molecular weight is 303 g/mol. The molecule has 0 fully saturated rings. The van der Waals surface area contributed by atoms with Gasteiger partial charge in [0.25, 0.3) is 0 Å². The van der Waals surface area contributed by atoms with Crippen LogP contribution in [0.15, 0.2) is 60.0 Å². The molecule has 2 aliphatic rings. The molecule has 0 saturated heterocycles. The van der Waals surface area contributed by atoms with E-state index in [0.717, 1.165) is 37.6 Å². The molecule has 2 heterocycles. The number of hydrogen-bond acceptors (Lipinski definition) is 2. The molecule has 0 N–H and O–H groups in total. The van der Waals surface area contributed by atoms with E-state index in [2.05, 4.69) is 29.6 Å². The van der Waals surface area contributed by atoms with Gasteiger partial charge in [-0.2, -0.15) is 0 Å². The first-order chi connectivity index (χ1) is 10.8. The van der Waals surface area contributed by atoms with E-state index in [4.69, 9.17) is 4.98 Å². The monoisotopic (exact) mass is 303 g/mol. The van der Waals surface area contributed by atoms with Gasteiger partial charge in [-0.3, -0.25) is 0 Å². The largest absolute Gasteiger partial charge is 0.246 e. The summed E-state index contributed by atoms with van der Waals surface area (Å²) in [6.07, 6.45) is 0. The first kappa shape index (κ1) is 12.1. The third-order valence-electron chi connectivity index (χ3n) is 4.17. The van der Waals surface area contributed by atoms with Gasteiger partial charge in [0, 0.05) is 31.8 Å². The Labute approximate surface area is 130 Å². The van der Waals surface area contributed by atoms with Crippen molar-refractivity contribution in [3.63, 3.8) is 0 Å². The Bertz CT molecular complexity index is 1140. The van der Waals surface area contributed by atoms with Crippen LogP contribution in [0, 0.1) is 5.82 Å². The molecule has 0 atom stereocenters. The predicted molar refractivity (Wildman–Crippen MR) is 91.2 cm³/mol. The molecule has 3 heteroatoms. The van der Waals surface area contributed by atoms with Crippen molar-refractivity contribution in [2.45, 2.75) is 0 Å². The van der Waals surface area contributed by atoms with Crippen molar-refractivity contribution in [2.75, 3.05) is 0 Å². The second-order valence-electron chi connectivity index (χ2n) is 5.43. The van der Waals surface area contributed by atoms with Crippen LogP contribution in [-0.2, 0) is 0 Å². The van der Waals surface area contributed by atoms with Crippen LogP contribution in [-0.4, -0.2) is 4.98 Å². The van der Waals surface area contributed by atoms with E-state index in [9.17, 15) is 4.39 Å². The highest BCUT2D eigenvalue weighted by Gasteiger charge is 2.17. The van der Waals surface area contributed by atoms with Gasteiger partial charge in [0.05, 0.1) is 11.2 Å². The number of nitrogens with zero attached hydrogens (tertiary/aromatic N) is 1. The quantitative estimate of drug-likeness (QED) is 0.350. The fourth-order valence-corrected chi connectivity index (χ4v) is 4.08.